The van der Waals surface area contributed by atoms with E-state index in [1.165, 1.54) is 17.0 Å². The monoisotopic (exact) mass is 315 g/mol. The number of amides is 2. The number of benzene rings is 1. The number of hydrogen-bond acceptors (Lipinski definition) is 4. The fourth-order valence-electron chi connectivity index (χ4n) is 2.28. The number of nitrogens with zero attached hydrogens (tertiary/aromatic N) is 1. The minimum atomic E-state index is -3.43. The summed E-state index contributed by atoms with van der Waals surface area (Å²) in [5.41, 5.74) is 5.18. The first-order valence-corrected chi connectivity index (χ1v) is 8.30. The van der Waals surface area contributed by atoms with Gasteiger partial charge in [-0.3, -0.25) is 0 Å². The molecule has 2 rings (SSSR count). The number of primary amides is 1. The summed E-state index contributed by atoms with van der Waals surface area (Å²) in [5, 5.41) is 3.10. The molecule has 21 heavy (non-hydrogen) atoms. The first-order valence-electron chi connectivity index (χ1n) is 6.64. The van der Waals surface area contributed by atoms with E-state index in [1.807, 2.05) is 0 Å². The van der Waals surface area contributed by atoms with E-state index in [0.29, 0.717) is 13.1 Å². The summed E-state index contributed by atoms with van der Waals surface area (Å²) in [6.07, 6.45) is 0.750. The molecule has 3 N–H and O–H groups in total. The van der Waals surface area contributed by atoms with E-state index < -0.39 is 21.7 Å². The van der Waals surface area contributed by atoms with E-state index in [-0.39, 0.29) is 23.2 Å². The summed E-state index contributed by atoms with van der Waals surface area (Å²) >= 11 is 0. The molecule has 1 aliphatic rings. The van der Waals surface area contributed by atoms with Gasteiger partial charge in [0, 0.05) is 25.7 Å². The lowest BCUT2D eigenvalue weighted by Gasteiger charge is -2.14. The summed E-state index contributed by atoms with van der Waals surface area (Å²) in [5.74, 6) is -0.546. The molecule has 1 heterocycles. The van der Waals surface area contributed by atoms with Crippen LogP contribution >= 0.6 is 0 Å². The van der Waals surface area contributed by atoms with Crippen LogP contribution in [0.1, 0.15) is 6.42 Å². The van der Waals surface area contributed by atoms with Crippen molar-refractivity contribution >= 4 is 15.9 Å². The van der Waals surface area contributed by atoms with Crippen LogP contribution in [0.2, 0.25) is 0 Å². The second-order valence-corrected chi connectivity index (χ2v) is 7.11. The van der Waals surface area contributed by atoms with Gasteiger partial charge in [-0.1, -0.05) is 0 Å². The number of urea groups is 1. The standard InChI is InChI=1S/C13H18FN3O3S/c14-10-1-3-12(4-2-10)21(19,20)8-6-16-11-5-7-17(9-11)13(15)18/h1-4,11,16H,5-9H2,(H2,15,18). The largest absolute Gasteiger partial charge is 0.351 e. The van der Waals surface area contributed by atoms with Gasteiger partial charge in [0.2, 0.25) is 0 Å². The van der Waals surface area contributed by atoms with E-state index >= 15 is 0 Å². The Bertz CT molecular complexity index is 604. The van der Waals surface area contributed by atoms with Crippen molar-refractivity contribution in [1.82, 2.24) is 10.2 Å². The van der Waals surface area contributed by atoms with Crippen LogP contribution in [0.15, 0.2) is 29.2 Å². The smallest absolute Gasteiger partial charge is 0.314 e. The van der Waals surface area contributed by atoms with E-state index in [0.717, 1.165) is 18.6 Å². The van der Waals surface area contributed by atoms with Crippen LogP contribution in [0.3, 0.4) is 0 Å². The van der Waals surface area contributed by atoms with Gasteiger partial charge in [-0.15, -0.1) is 0 Å². The Labute approximate surface area is 123 Å². The number of likely N-dealkylation sites (tertiary alicyclic amines) is 1. The van der Waals surface area contributed by atoms with Crippen LogP contribution in [0, 0.1) is 5.82 Å². The van der Waals surface area contributed by atoms with Crippen molar-refractivity contribution < 1.29 is 17.6 Å². The Hall–Kier alpha value is -1.67. The van der Waals surface area contributed by atoms with Gasteiger partial charge in [0.1, 0.15) is 5.82 Å². The molecular formula is C13H18FN3O3S. The molecule has 0 bridgehead atoms. The summed E-state index contributed by atoms with van der Waals surface area (Å²) in [6, 6.07) is 4.37. The Kier molecular flexibility index (Phi) is 4.79. The zero-order chi connectivity index (χ0) is 15.5. The third kappa shape index (κ3) is 4.15. The van der Waals surface area contributed by atoms with E-state index in [4.69, 9.17) is 5.73 Å². The predicted octanol–water partition coefficient (Wildman–Crippen LogP) is 0.342. The lowest BCUT2D eigenvalue weighted by Crippen LogP contribution is -2.39. The van der Waals surface area contributed by atoms with Crippen LogP contribution in [0.5, 0.6) is 0 Å². The van der Waals surface area contributed by atoms with Gasteiger partial charge in [0.25, 0.3) is 0 Å². The van der Waals surface area contributed by atoms with Crippen LogP contribution in [0.25, 0.3) is 0 Å². The van der Waals surface area contributed by atoms with Gasteiger partial charge >= 0.3 is 6.03 Å². The van der Waals surface area contributed by atoms with Crippen molar-refractivity contribution in [3.63, 3.8) is 0 Å². The molecule has 1 unspecified atom stereocenters. The number of hydrogen-bond donors (Lipinski definition) is 2. The molecule has 1 aliphatic heterocycles. The molecule has 1 atom stereocenters. The maximum absolute atomic E-state index is 12.8. The highest BCUT2D eigenvalue weighted by atomic mass is 32.2. The molecule has 2 amide bonds. The molecule has 0 radical (unpaired) electrons. The lowest BCUT2D eigenvalue weighted by molar-refractivity contribution is 0.217. The first kappa shape index (κ1) is 15.7. The lowest BCUT2D eigenvalue weighted by atomic mass is 10.3. The average Bonchev–Trinajstić information content (AvgIpc) is 2.88. The fraction of sp³-hybridized carbons (Fsp3) is 0.462. The van der Waals surface area contributed by atoms with Crippen LogP contribution in [0.4, 0.5) is 9.18 Å². The zero-order valence-corrected chi connectivity index (χ0v) is 12.3. The molecule has 116 valence electrons. The fourth-order valence-corrected chi connectivity index (χ4v) is 3.46. The van der Waals surface area contributed by atoms with Crippen LogP contribution < -0.4 is 11.1 Å². The van der Waals surface area contributed by atoms with Gasteiger partial charge in [-0.2, -0.15) is 0 Å². The first-order chi connectivity index (χ1) is 9.88. The number of nitrogens with one attached hydrogen (secondary N) is 1. The predicted molar refractivity (Wildman–Crippen MR) is 76.0 cm³/mol. The molecule has 0 saturated carbocycles. The number of carbonyl (C=O) groups excluding carboxylic acids is 1. The van der Waals surface area contributed by atoms with Crippen LogP contribution in [-0.4, -0.2) is 50.8 Å². The maximum atomic E-state index is 12.8. The van der Waals surface area contributed by atoms with Crippen molar-refractivity contribution in [2.24, 2.45) is 5.73 Å². The third-order valence-electron chi connectivity index (χ3n) is 3.48. The second-order valence-electron chi connectivity index (χ2n) is 5.00. The van der Waals surface area contributed by atoms with Gasteiger partial charge in [-0.05, 0) is 30.7 Å². The number of nitrogens with two attached hydrogens (primary N) is 1. The number of halogens is 1. The van der Waals surface area contributed by atoms with Crippen molar-refractivity contribution in [3.05, 3.63) is 30.1 Å². The highest BCUT2D eigenvalue weighted by Gasteiger charge is 2.24. The topological polar surface area (TPSA) is 92.5 Å². The van der Waals surface area contributed by atoms with Crippen LogP contribution in [-0.2, 0) is 9.84 Å². The van der Waals surface area contributed by atoms with Gasteiger partial charge < -0.3 is 16.0 Å². The molecule has 0 aromatic heterocycles. The van der Waals surface area contributed by atoms with E-state index in [2.05, 4.69) is 5.32 Å². The molecule has 8 heteroatoms. The highest BCUT2D eigenvalue weighted by molar-refractivity contribution is 7.91. The zero-order valence-electron chi connectivity index (χ0n) is 11.5. The quantitative estimate of drug-likeness (QED) is 0.767. The molecule has 0 aliphatic carbocycles. The van der Waals surface area contributed by atoms with Crippen molar-refractivity contribution in [1.29, 1.82) is 0 Å². The molecular weight excluding hydrogens is 297 g/mol. The summed E-state index contributed by atoms with van der Waals surface area (Å²) < 4.78 is 36.9. The Morgan fingerprint density at radius 1 is 1.38 bits per heavy atom. The average molecular weight is 315 g/mol. The number of sulfone groups is 1. The molecule has 1 aromatic carbocycles. The Morgan fingerprint density at radius 2 is 2.05 bits per heavy atom. The van der Waals surface area contributed by atoms with Crippen molar-refractivity contribution in [2.45, 2.75) is 17.4 Å². The van der Waals surface area contributed by atoms with Crippen molar-refractivity contribution in [2.75, 3.05) is 25.4 Å². The molecule has 1 fully saturated rings. The maximum Gasteiger partial charge on any atom is 0.314 e. The Balaban J connectivity index is 1.83. The Morgan fingerprint density at radius 3 is 2.62 bits per heavy atom. The molecule has 1 saturated heterocycles. The van der Waals surface area contributed by atoms with Crippen molar-refractivity contribution in [3.8, 4) is 0 Å². The third-order valence-corrected chi connectivity index (χ3v) is 5.21. The minimum absolute atomic E-state index is 0.0564. The SMILES string of the molecule is NC(=O)N1CCC(NCCS(=O)(=O)c2ccc(F)cc2)C1. The summed E-state index contributed by atoms with van der Waals surface area (Å²) in [4.78, 5) is 12.6. The number of rotatable bonds is 5. The van der Waals surface area contributed by atoms with Gasteiger partial charge in [-0.25, -0.2) is 17.6 Å². The van der Waals surface area contributed by atoms with Gasteiger partial charge in [0.15, 0.2) is 9.84 Å². The van der Waals surface area contributed by atoms with E-state index in [1.54, 1.807) is 0 Å². The molecule has 0 spiro atoms. The summed E-state index contributed by atoms with van der Waals surface area (Å²) in [6.45, 7) is 1.35. The second kappa shape index (κ2) is 6.40. The number of carbonyl (C=O) groups is 1. The van der Waals surface area contributed by atoms with Gasteiger partial charge in [0.05, 0.1) is 10.6 Å². The highest BCUT2D eigenvalue weighted by Crippen LogP contribution is 2.12. The normalized spacial score (nSPS) is 18.9. The minimum Gasteiger partial charge on any atom is -0.351 e. The molecule has 6 nitrogen and oxygen atoms in total. The van der Waals surface area contributed by atoms with E-state index in [9.17, 15) is 17.6 Å². The molecule has 1 aromatic rings. The summed E-state index contributed by atoms with van der Waals surface area (Å²) in [7, 11) is -3.43.